The lowest BCUT2D eigenvalue weighted by atomic mass is 10.1. The third kappa shape index (κ3) is 7.24. The Morgan fingerprint density at radius 3 is 2.14 bits per heavy atom. The van der Waals surface area contributed by atoms with E-state index in [0.29, 0.717) is 18.8 Å². The molecule has 0 saturated carbocycles. The second kappa shape index (κ2) is 12.3. The van der Waals surface area contributed by atoms with E-state index in [0.717, 1.165) is 22.3 Å². The van der Waals surface area contributed by atoms with Gasteiger partial charge in [-0.25, -0.2) is 4.39 Å². The molecule has 0 heterocycles. The van der Waals surface area contributed by atoms with Gasteiger partial charge in [-0.1, -0.05) is 84.9 Å². The Balaban J connectivity index is 1.49. The molecular formula is C31H27FN2O2. The van der Waals surface area contributed by atoms with Crippen LogP contribution in [0.4, 0.5) is 10.1 Å². The zero-order valence-electron chi connectivity index (χ0n) is 19.8. The van der Waals surface area contributed by atoms with Crippen molar-refractivity contribution < 1.29 is 14.0 Å². The fourth-order valence-electron chi connectivity index (χ4n) is 3.77. The molecule has 0 aliphatic carbocycles. The van der Waals surface area contributed by atoms with E-state index in [-0.39, 0.29) is 24.1 Å². The number of nitrogens with one attached hydrogen (secondary N) is 1. The normalized spacial score (nSPS) is 10.8. The number of rotatable bonds is 9. The lowest BCUT2D eigenvalue weighted by molar-refractivity contribution is -0.120. The molecule has 4 rings (SSSR count). The van der Waals surface area contributed by atoms with Gasteiger partial charge in [0.15, 0.2) is 0 Å². The highest BCUT2D eigenvalue weighted by atomic mass is 19.1. The summed E-state index contributed by atoms with van der Waals surface area (Å²) >= 11 is 0. The van der Waals surface area contributed by atoms with Crippen molar-refractivity contribution in [1.29, 1.82) is 0 Å². The van der Waals surface area contributed by atoms with Crippen molar-refractivity contribution in [3.8, 4) is 0 Å². The Labute approximate surface area is 210 Å². The van der Waals surface area contributed by atoms with Gasteiger partial charge < -0.3 is 10.2 Å². The van der Waals surface area contributed by atoms with Gasteiger partial charge >= 0.3 is 0 Å². The topological polar surface area (TPSA) is 49.4 Å². The van der Waals surface area contributed by atoms with Crippen molar-refractivity contribution in [3.05, 3.63) is 143 Å². The van der Waals surface area contributed by atoms with Crippen LogP contribution in [0.3, 0.4) is 0 Å². The highest BCUT2D eigenvalue weighted by molar-refractivity contribution is 6.03. The number of amides is 2. The van der Waals surface area contributed by atoms with Crippen molar-refractivity contribution in [2.45, 2.75) is 19.5 Å². The van der Waals surface area contributed by atoms with Crippen molar-refractivity contribution >= 4 is 23.6 Å². The number of nitrogens with zero attached hydrogens (tertiary/aromatic N) is 1. The maximum atomic E-state index is 13.3. The van der Waals surface area contributed by atoms with Crippen LogP contribution in [0.25, 0.3) is 6.08 Å². The van der Waals surface area contributed by atoms with Gasteiger partial charge in [0, 0.05) is 18.3 Å². The van der Waals surface area contributed by atoms with Gasteiger partial charge in [0.1, 0.15) is 5.82 Å². The zero-order chi connectivity index (χ0) is 25.2. The quantitative estimate of drug-likeness (QED) is 0.303. The SMILES string of the molecule is O=C(Cc1cccc(N(Cc2ccccc2)C(=O)C=Cc2ccccc2)c1)NCc1ccc(F)cc1. The first-order valence-electron chi connectivity index (χ1n) is 11.8. The molecule has 2 amide bonds. The van der Waals surface area contributed by atoms with Crippen LogP contribution >= 0.6 is 0 Å². The summed E-state index contributed by atoms with van der Waals surface area (Å²) in [5.74, 6) is -0.614. The molecule has 0 bridgehead atoms. The van der Waals surface area contributed by atoms with Crippen LogP contribution in [-0.4, -0.2) is 11.8 Å². The molecule has 0 unspecified atom stereocenters. The first kappa shape index (κ1) is 24.6. The number of carbonyl (C=O) groups is 2. The van der Waals surface area contributed by atoms with Crippen molar-refractivity contribution in [2.75, 3.05) is 4.90 Å². The minimum Gasteiger partial charge on any atom is -0.352 e. The highest BCUT2D eigenvalue weighted by Gasteiger charge is 2.15. The van der Waals surface area contributed by atoms with E-state index in [9.17, 15) is 14.0 Å². The molecular weight excluding hydrogens is 451 g/mol. The number of hydrogen-bond donors (Lipinski definition) is 1. The first-order chi connectivity index (χ1) is 17.6. The predicted octanol–water partition coefficient (Wildman–Crippen LogP) is 5.93. The average Bonchev–Trinajstić information content (AvgIpc) is 2.91. The van der Waals surface area contributed by atoms with Crippen LogP contribution in [0.15, 0.2) is 115 Å². The molecule has 4 nitrogen and oxygen atoms in total. The minimum absolute atomic E-state index is 0.151. The van der Waals surface area contributed by atoms with Crippen molar-refractivity contribution in [3.63, 3.8) is 0 Å². The molecule has 0 radical (unpaired) electrons. The maximum Gasteiger partial charge on any atom is 0.251 e. The fraction of sp³-hybridized carbons (Fsp3) is 0.0968. The molecule has 0 atom stereocenters. The van der Waals surface area contributed by atoms with Gasteiger partial charge in [-0.15, -0.1) is 0 Å². The Morgan fingerprint density at radius 1 is 0.750 bits per heavy atom. The van der Waals surface area contributed by atoms with Crippen LogP contribution in [0.1, 0.15) is 22.3 Å². The molecule has 180 valence electrons. The Kier molecular flexibility index (Phi) is 8.39. The molecule has 0 aliphatic heterocycles. The zero-order valence-corrected chi connectivity index (χ0v) is 19.8. The fourth-order valence-corrected chi connectivity index (χ4v) is 3.77. The number of hydrogen-bond acceptors (Lipinski definition) is 2. The van der Waals surface area contributed by atoms with E-state index < -0.39 is 0 Å². The van der Waals surface area contributed by atoms with Crippen LogP contribution in [0.5, 0.6) is 0 Å². The molecule has 0 aromatic heterocycles. The summed E-state index contributed by atoms with van der Waals surface area (Å²) in [5.41, 5.74) is 4.27. The Bertz CT molecular complexity index is 1320. The van der Waals surface area contributed by atoms with Gasteiger partial charge in [0.2, 0.25) is 5.91 Å². The van der Waals surface area contributed by atoms with E-state index in [1.54, 1.807) is 29.2 Å². The molecule has 36 heavy (non-hydrogen) atoms. The average molecular weight is 479 g/mol. The second-order valence-corrected chi connectivity index (χ2v) is 8.40. The van der Waals surface area contributed by atoms with E-state index in [1.807, 2.05) is 84.9 Å². The summed E-state index contributed by atoms with van der Waals surface area (Å²) in [6.07, 6.45) is 3.54. The lowest BCUT2D eigenvalue weighted by Crippen LogP contribution is -2.29. The van der Waals surface area contributed by atoms with E-state index >= 15 is 0 Å². The predicted molar refractivity (Wildman–Crippen MR) is 142 cm³/mol. The standard InChI is InChI=1S/C31H27FN2O2/c32-28-17-14-25(15-18-28)22-33-30(35)21-27-12-7-13-29(20-27)34(23-26-10-5-2-6-11-26)31(36)19-16-24-8-3-1-4-9-24/h1-20H,21-23H2,(H,33,35). The summed E-state index contributed by atoms with van der Waals surface area (Å²) in [7, 11) is 0. The lowest BCUT2D eigenvalue weighted by Gasteiger charge is -2.22. The molecule has 0 spiro atoms. The highest BCUT2D eigenvalue weighted by Crippen LogP contribution is 2.21. The van der Waals surface area contributed by atoms with Gasteiger partial charge in [0.05, 0.1) is 13.0 Å². The van der Waals surface area contributed by atoms with E-state index in [4.69, 9.17) is 0 Å². The third-order valence-electron chi connectivity index (χ3n) is 5.66. The summed E-state index contributed by atoms with van der Waals surface area (Å²) in [6.45, 7) is 0.723. The molecule has 4 aromatic rings. The monoisotopic (exact) mass is 478 g/mol. The molecule has 0 aliphatic rings. The molecule has 5 heteroatoms. The van der Waals surface area contributed by atoms with Gasteiger partial charge in [-0.3, -0.25) is 9.59 Å². The number of benzene rings is 4. The van der Waals surface area contributed by atoms with Crippen LogP contribution < -0.4 is 10.2 Å². The smallest absolute Gasteiger partial charge is 0.251 e. The van der Waals surface area contributed by atoms with Gasteiger partial charge in [0.25, 0.3) is 5.91 Å². The Hall–Kier alpha value is -4.51. The van der Waals surface area contributed by atoms with Gasteiger partial charge in [-0.2, -0.15) is 0 Å². The number of carbonyl (C=O) groups excluding carboxylic acids is 2. The first-order valence-corrected chi connectivity index (χ1v) is 11.8. The molecule has 0 fully saturated rings. The molecule has 0 saturated heterocycles. The second-order valence-electron chi connectivity index (χ2n) is 8.40. The third-order valence-corrected chi connectivity index (χ3v) is 5.66. The van der Waals surface area contributed by atoms with Crippen LogP contribution in [-0.2, 0) is 29.1 Å². The van der Waals surface area contributed by atoms with Crippen LogP contribution in [0.2, 0.25) is 0 Å². The van der Waals surface area contributed by atoms with Crippen molar-refractivity contribution in [1.82, 2.24) is 5.32 Å². The Morgan fingerprint density at radius 2 is 1.42 bits per heavy atom. The van der Waals surface area contributed by atoms with E-state index in [2.05, 4.69) is 5.32 Å². The summed E-state index contributed by atoms with van der Waals surface area (Å²) in [6, 6.07) is 32.9. The van der Waals surface area contributed by atoms with Crippen molar-refractivity contribution in [2.24, 2.45) is 0 Å². The summed E-state index contributed by atoms with van der Waals surface area (Å²) in [4.78, 5) is 27.5. The molecule has 4 aromatic carbocycles. The number of anilines is 1. The van der Waals surface area contributed by atoms with E-state index in [1.165, 1.54) is 12.1 Å². The molecule has 1 N–H and O–H groups in total. The van der Waals surface area contributed by atoms with Crippen LogP contribution in [0, 0.1) is 5.82 Å². The summed E-state index contributed by atoms with van der Waals surface area (Å²) in [5, 5.41) is 2.86. The largest absolute Gasteiger partial charge is 0.352 e. The maximum absolute atomic E-state index is 13.3. The van der Waals surface area contributed by atoms with Gasteiger partial charge in [-0.05, 0) is 52.6 Å². The summed E-state index contributed by atoms with van der Waals surface area (Å²) < 4.78 is 13.1. The number of halogens is 1. The minimum atomic E-state index is -0.310.